The smallest absolute Gasteiger partial charge is 0.234 e. The summed E-state index contributed by atoms with van der Waals surface area (Å²) in [5.74, 6) is -1.10. The zero-order chi connectivity index (χ0) is 22.2. The van der Waals surface area contributed by atoms with Crippen LogP contribution in [0.25, 0.3) is 0 Å². The van der Waals surface area contributed by atoms with E-state index in [9.17, 15) is 18.4 Å². The summed E-state index contributed by atoms with van der Waals surface area (Å²) in [6.45, 7) is 4.04. The van der Waals surface area contributed by atoms with E-state index in [1.165, 1.54) is 42.5 Å². The summed E-state index contributed by atoms with van der Waals surface area (Å²) in [6, 6.07) is 11.0. The molecule has 0 saturated heterocycles. The van der Waals surface area contributed by atoms with Crippen LogP contribution in [0.1, 0.15) is 5.82 Å². The van der Waals surface area contributed by atoms with E-state index in [0.717, 1.165) is 11.8 Å². The topological polar surface area (TPSA) is 88.9 Å². The number of halogens is 2. The second kappa shape index (κ2) is 10.5. The summed E-state index contributed by atoms with van der Waals surface area (Å²) in [6.07, 6.45) is 1.57. The van der Waals surface area contributed by atoms with Crippen LogP contribution in [0.15, 0.2) is 66.3 Å². The normalized spacial score (nSPS) is 10.5. The highest BCUT2D eigenvalue weighted by molar-refractivity contribution is 7.99. The maximum atomic E-state index is 13.2. The number of carbonyl (C=O) groups excluding carboxylic acids is 2. The maximum Gasteiger partial charge on any atom is 0.234 e. The predicted octanol–water partition coefficient (Wildman–Crippen LogP) is 3.65. The van der Waals surface area contributed by atoms with Crippen molar-refractivity contribution in [3.8, 4) is 0 Å². The summed E-state index contributed by atoms with van der Waals surface area (Å²) >= 11 is 1.13. The van der Waals surface area contributed by atoms with Gasteiger partial charge in [0.2, 0.25) is 11.8 Å². The molecule has 0 unspecified atom stereocenters. The molecule has 7 nitrogen and oxygen atoms in total. The van der Waals surface area contributed by atoms with Crippen LogP contribution in [0.3, 0.4) is 0 Å². The minimum absolute atomic E-state index is 0.0214. The molecule has 1 aromatic heterocycles. The van der Waals surface area contributed by atoms with Crippen LogP contribution < -0.4 is 10.6 Å². The SMILES string of the molecule is C=CCn1c(CC(=O)Nc2ccc(F)cc2)nnc1SCC(=O)Nc1cccc(F)c1. The number of aromatic nitrogens is 3. The minimum Gasteiger partial charge on any atom is -0.326 e. The Labute approximate surface area is 181 Å². The largest absolute Gasteiger partial charge is 0.326 e. The monoisotopic (exact) mass is 443 g/mol. The first kappa shape index (κ1) is 22.2. The van der Waals surface area contributed by atoms with Gasteiger partial charge in [0, 0.05) is 17.9 Å². The number of nitrogens with one attached hydrogen (secondary N) is 2. The Hall–Kier alpha value is -3.53. The van der Waals surface area contributed by atoms with E-state index in [4.69, 9.17) is 0 Å². The average Bonchev–Trinajstić information content (AvgIpc) is 3.10. The van der Waals surface area contributed by atoms with E-state index < -0.39 is 11.6 Å². The third-order valence-corrected chi connectivity index (χ3v) is 4.96. The number of nitrogens with zero attached hydrogens (tertiary/aromatic N) is 3. The number of amides is 2. The van der Waals surface area contributed by atoms with Gasteiger partial charge >= 0.3 is 0 Å². The van der Waals surface area contributed by atoms with Crippen molar-refractivity contribution in [3.63, 3.8) is 0 Å². The Kier molecular flexibility index (Phi) is 7.50. The zero-order valence-corrected chi connectivity index (χ0v) is 17.2. The lowest BCUT2D eigenvalue weighted by Crippen LogP contribution is -2.18. The molecule has 0 radical (unpaired) electrons. The van der Waals surface area contributed by atoms with Crippen LogP contribution in [0.4, 0.5) is 20.2 Å². The number of allylic oxidation sites excluding steroid dienone is 1. The molecule has 0 fully saturated rings. The fourth-order valence-electron chi connectivity index (χ4n) is 2.64. The number of rotatable bonds is 9. The number of carbonyl (C=O) groups is 2. The van der Waals surface area contributed by atoms with Crippen molar-refractivity contribution < 1.29 is 18.4 Å². The third kappa shape index (κ3) is 6.48. The molecule has 0 aliphatic heterocycles. The lowest BCUT2D eigenvalue weighted by Gasteiger charge is -2.09. The zero-order valence-electron chi connectivity index (χ0n) is 16.3. The first-order chi connectivity index (χ1) is 14.9. The molecule has 160 valence electrons. The molecule has 2 amide bonds. The number of benzene rings is 2. The number of anilines is 2. The molecule has 3 aromatic rings. The van der Waals surface area contributed by atoms with E-state index in [1.54, 1.807) is 16.7 Å². The molecule has 2 aromatic carbocycles. The standard InChI is InChI=1S/C21H19F2N5O2S/c1-2-10-28-18(12-19(29)24-16-8-6-14(22)7-9-16)26-27-21(28)31-13-20(30)25-17-5-3-4-15(23)11-17/h2-9,11H,1,10,12-13H2,(H,24,29)(H,25,30). The molecule has 0 bridgehead atoms. The Morgan fingerprint density at radius 2 is 1.74 bits per heavy atom. The fraction of sp³-hybridized carbons (Fsp3) is 0.143. The highest BCUT2D eigenvalue weighted by Gasteiger charge is 2.16. The van der Waals surface area contributed by atoms with Crippen molar-refractivity contribution in [3.05, 3.63) is 78.6 Å². The molecule has 31 heavy (non-hydrogen) atoms. The first-order valence-electron chi connectivity index (χ1n) is 9.21. The Morgan fingerprint density at radius 3 is 2.45 bits per heavy atom. The van der Waals surface area contributed by atoms with Gasteiger partial charge in [-0.25, -0.2) is 8.78 Å². The molecular weight excluding hydrogens is 424 g/mol. The van der Waals surface area contributed by atoms with E-state index in [-0.39, 0.29) is 24.0 Å². The second-order valence-electron chi connectivity index (χ2n) is 6.38. The van der Waals surface area contributed by atoms with E-state index >= 15 is 0 Å². The van der Waals surface area contributed by atoms with E-state index in [2.05, 4.69) is 27.4 Å². The molecule has 0 spiro atoms. The van der Waals surface area contributed by atoms with Gasteiger partial charge in [-0.05, 0) is 42.5 Å². The third-order valence-electron chi connectivity index (χ3n) is 3.99. The molecule has 0 aliphatic carbocycles. The summed E-state index contributed by atoms with van der Waals surface area (Å²) < 4.78 is 27.9. The lowest BCUT2D eigenvalue weighted by molar-refractivity contribution is -0.116. The number of hydrogen-bond donors (Lipinski definition) is 2. The molecular formula is C21H19F2N5O2S. The maximum absolute atomic E-state index is 13.2. The van der Waals surface area contributed by atoms with Gasteiger partial charge in [0.05, 0.1) is 12.2 Å². The molecule has 0 aliphatic rings. The predicted molar refractivity (Wildman–Crippen MR) is 115 cm³/mol. The van der Waals surface area contributed by atoms with Gasteiger partial charge in [-0.1, -0.05) is 23.9 Å². The summed E-state index contributed by atoms with van der Waals surface area (Å²) in [4.78, 5) is 24.5. The van der Waals surface area contributed by atoms with Gasteiger partial charge in [-0.3, -0.25) is 9.59 Å². The molecule has 10 heteroatoms. The molecule has 0 saturated carbocycles. The van der Waals surface area contributed by atoms with Gasteiger partial charge in [0.15, 0.2) is 5.16 Å². The van der Waals surface area contributed by atoms with Crippen molar-refractivity contribution in [2.75, 3.05) is 16.4 Å². The van der Waals surface area contributed by atoms with Crippen LogP contribution in [0.5, 0.6) is 0 Å². The van der Waals surface area contributed by atoms with Crippen LogP contribution in [-0.2, 0) is 22.6 Å². The Balaban J connectivity index is 1.61. The average molecular weight is 443 g/mol. The lowest BCUT2D eigenvalue weighted by atomic mass is 10.3. The first-order valence-corrected chi connectivity index (χ1v) is 10.2. The van der Waals surface area contributed by atoms with Crippen molar-refractivity contribution in [2.45, 2.75) is 18.1 Å². The highest BCUT2D eigenvalue weighted by Crippen LogP contribution is 2.19. The van der Waals surface area contributed by atoms with E-state index in [1.807, 2.05) is 0 Å². The number of hydrogen-bond acceptors (Lipinski definition) is 5. The number of thioether (sulfide) groups is 1. The van der Waals surface area contributed by atoms with Crippen LogP contribution in [0, 0.1) is 11.6 Å². The molecule has 3 rings (SSSR count). The summed E-state index contributed by atoms with van der Waals surface area (Å²) in [5, 5.41) is 13.8. The Bertz CT molecular complexity index is 1090. The van der Waals surface area contributed by atoms with Crippen LogP contribution in [-0.4, -0.2) is 32.3 Å². The fourth-order valence-corrected chi connectivity index (χ4v) is 3.41. The summed E-state index contributed by atoms with van der Waals surface area (Å²) in [5.41, 5.74) is 0.820. The quantitative estimate of drug-likeness (QED) is 0.389. The van der Waals surface area contributed by atoms with Crippen molar-refractivity contribution in [1.82, 2.24) is 14.8 Å². The van der Waals surface area contributed by atoms with Gasteiger partial charge in [-0.15, -0.1) is 16.8 Å². The Morgan fingerprint density at radius 1 is 1.00 bits per heavy atom. The van der Waals surface area contributed by atoms with Crippen LogP contribution in [0.2, 0.25) is 0 Å². The summed E-state index contributed by atoms with van der Waals surface area (Å²) in [7, 11) is 0. The molecule has 1 heterocycles. The molecule has 0 atom stereocenters. The second-order valence-corrected chi connectivity index (χ2v) is 7.32. The van der Waals surface area contributed by atoms with E-state index in [0.29, 0.717) is 28.9 Å². The highest BCUT2D eigenvalue weighted by atomic mass is 32.2. The van der Waals surface area contributed by atoms with Gasteiger partial charge in [0.1, 0.15) is 17.5 Å². The minimum atomic E-state index is -0.445. The van der Waals surface area contributed by atoms with Gasteiger partial charge in [-0.2, -0.15) is 0 Å². The van der Waals surface area contributed by atoms with Crippen molar-refractivity contribution in [2.24, 2.45) is 0 Å². The van der Waals surface area contributed by atoms with Gasteiger partial charge in [0.25, 0.3) is 0 Å². The van der Waals surface area contributed by atoms with Gasteiger partial charge < -0.3 is 15.2 Å². The van der Waals surface area contributed by atoms with Crippen LogP contribution >= 0.6 is 11.8 Å². The van der Waals surface area contributed by atoms with Crippen molar-refractivity contribution >= 4 is 35.0 Å². The van der Waals surface area contributed by atoms with Crippen molar-refractivity contribution in [1.29, 1.82) is 0 Å². The molecule has 2 N–H and O–H groups in total.